The van der Waals surface area contributed by atoms with Crippen molar-refractivity contribution in [3.05, 3.63) is 12.2 Å². The highest BCUT2D eigenvalue weighted by atomic mass is 16.3. The van der Waals surface area contributed by atoms with Crippen LogP contribution in [0, 0.1) is 39.9 Å². The molecule has 11 atom stereocenters. The summed E-state index contributed by atoms with van der Waals surface area (Å²) >= 11 is 0. The minimum atomic E-state index is -0.500. The van der Waals surface area contributed by atoms with Gasteiger partial charge < -0.3 is 15.3 Å². The minimum absolute atomic E-state index is 0.0155. The largest absolute Gasteiger partial charge is 0.392 e. The van der Waals surface area contributed by atoms with Gasteiger partial charge in [0.1, 0.15) is 0 Å². The van der Waals surface area contributed by atoms with Crippen molar-refractivity contribution in [2.45, 2.75) is 70.3 Å². The lowest BCUT2D eigenvalue weighted by atomic mass is 9.38. The molecular weight excluding hydrogens is 326 g/mol. The zero-order valence-corrected chi connectivity index (χ0v) is 16.1. The number of hydrogen-bond acceptors (Lipinski definition) is 4. The van der Waals surface area contributed by atoms with E-state index in [1.165, 1.54) is 0 Å². The van der Waals surface area contributed by atoms with Crippen LogP contribution in [0.1, 0.15) is 46.0 Å². The summed E-state index contributed by atoms with van der Waals surface area (Å²) in [5.41, 5.74) is 0.616. The van der Waals surface area contributed by atoms with Gasteiger partial charge in [0.05, 0.1) is 18.3 Å². The summed E-state index contributed by atoms with van der Waals surface area (Å²) in [6.07, 6.45) is 3.73. The first-order valence-corrected chi connectivity index (χ1v) is 10.8. The van der Waals surface area contributed by atoms with Crippen molar-refractivity contribution >= 4 is 0 Å². The molecule has 1 unspecified atom stereocenters. The van der Waals surface area contributed by atoms with Gasteiger partial charge in [0, 0.05) is 35.3 Å². The molecule has 0 aromatic heterocycles. The maximum atomic E-state index is 11.5. The first-order chi connectivity index (χ1) is 12.3. The standard InChI is InChI=1S/C22H33NO3/c1-4-23-10-20(3)7-6-15(24)22-14(20)9-13(18(22)23)21-8-5-12(11(2)19(21)26)16(25)17(21)22/h12-19,24-26H,2,4-10H2,1,3H3/t12-,13+,14-,15+,16+,17-,18?,19+,20+,21+,22-/m1/s1. The van der Waals surface area contributed by atoms with Gasteiger partial charge in [0.15, 0.2) is 0 Å². The lowest BCUT2D eigenvalue weighted by Gasteiger charge is -2.69. The fourth-order valence-corrected chi connectivity index (χ4v) is 10.0. The van der Waals surface area contributed by atoms with Crippen molar-refractivity contribution in [3.63, 3.8) is 0 Å². The normalized spacial score (nSPS) is 65.5. The van der Waals surface area contributed by atoms with Crippen LogP contribution in [-0.2, 0) is 0 Å². The number of hydrogen-bond donors (Lipinski definition) is 3. The van der Waals surface area contributed by atoms with Crippen LogP contribution in [0.5, 0.6) is 0 Å². The Kier molecular flexibility index (Phi) is 2.92. The van der Waals surface area contributed by atoms with E-state index in [1.54, 1.807) is 0 Å². The van der Waals surface area contributed by atoms with Gasteiger partial charge in [-0.15, -0.1) is 0 Å². The van der Waals surface area contributed by atoms with E-state index in [4.69, 9.17) is 0 Å². The Balaban J connectivity index is 1.63. The first-order valence-electron chi connectivity index (χ1n) is 10.8. The molecule has 7 rings (SSSR count). The number of fused-ring (bicyclic) bond motifs is 2. The third-order valence-corrected chi connectivity index (χ3v) is 10.5. The van der Waals surface area contributed by atoms with Crippen LogP contribution in [0.3, 0.4) is 0 Å². The second kappa shape index (κ2) is 4.59. The molecule has 2 spiro atoms. The summed E-state index contributed by atoms with van der Waals surface area (Å²) in [4.78, 5) is 2.62. The fraction of sp³-hybridized carbons (Fsp3) is 0.909. The van der Waals surface area contributed by atoms with Crippen LogP contribution in [0.4, 0.5) is 0 Å². The van der Waals surface area contributed by atoms with E-state index < -0.39 is 12.2 Å². The molecule has 4 nitrogen and oxygen atoms in total. The zero-order chi connectivity index (χ0) is 18.2. The smallest absolute Gasteiger partial charge is 0.0814 e. The summed E-state index contributed by atoms with van der Waals surface area (Å²) < 4.78 is 0. The van der Waals surface area contributed by atoms with Crippen LogP contribution in [0.15, 0.2) is 12.2 Å². The fourth-order valence-electron chi connectivity index (χ4n) is 10.0. The maximum absolute atomic E-state index is 11.5. The predicted molar refractivity (Wildman–Crippen MR) is 98.2 cm³/mol. The number of nitrogens with zero attached hydrogens (tertiary/aromatic N) is 1. The van der Waals surface area contributed by atoms with Crippen LogP contribution in [0.2, 0.25) is 0 Å². The molecule has 144 valence electrons. The number of aliphatic hydroxyl groups is 3. The van der Waals surface area contributed by atoms with Gasteiger partial charge in [-0.05, 0) is 61.5 Å². The van der Waals surface area contributed by atoms with Crippen molar-refractivity contribution in [1.29, 1.82) is 0 Å². The molecule has 7 bridgehead atoms. The van der Waals surface area contributed by atoms with Gasteiger partial charge in [-0.3, -0.25) is 4.90 Å². The molecule has 26 heavy (non-hydrogen) atoms. The van der Waals surface area contributed by atoms with Crippen molar-refractivity contribution in [1.82, 2.24) is 4.90 Å². The summed E-state index contributed by atoms with van der Waals surface area (Å²) in [5, 5.41) is 34.4. The monoisotopic (exact) mass is 359 g/mol. The summed E-state index contributed by atoms with van der Waals surface area (Å²) in [6, 6.07) is 0.319. The third kappa shape index (κ3) is 1.34. The molecule has 0 amide bonds. The van der Waals surface area contributed by atoms with E-state index in [0.717, 1.165) is 50.8 Å². The van der Waals surface area contributed by atoms with Crippen LogP contribution in [0.25, 0.3) is 0 Å². The van der Waals surface area contributed by atoms with Gasteiger partial charge in [-0.25, -0.2) is 0 Å². The highest BCUT2D eigenvalue weighted by molar-refractivity contribution is 5.39. The molecule has 0 radical (unpaired) electrons. The van der Waals surface area contributed by atoms with Gasteiger partial charge >= 0.3 is 0 Å². The van der Waals surface area contributed by atoms with Crippen molar-refractivity contribution in [2.75, 3.05) is 13.1 Å². The molecule has 1 saturated heterocycles. The summed E-state index contributed by atoms with van der Waals surface area (Å²) in [5.74, 6) is 0.921. The van der Waals surface area contributed by atoms with Gasteiger partial charge in [-0.2, -0.15) is 0 Å². The second-order valence-electron chi connectivity index (χ2n) is 10.8. The van der Waals surface area contributed by atoms with E-state index in [1.807, 2.05) is 0 Å². The van der Waals surface area contributed by atoms with Crippen LogP contribution >= 0.6 is 0 Å². The van der Waals surface area contributed by atoms with Crippen LogP contribution in [-0.4, -0.2) is 57.7 Å². The zero-order valence-electron chi connectivity index (χ0n) is 16.1. The molecule has 6 saturated carbocycles. The molecule has 7 aliphatic rings. The molecule has 3 N–H and O–H groups in total. The van der Waals surface area contributed by atoms with Gasteiger partial charge in [0.25, 0.3) is 0 Å². The summed E-state index contributed by atoms with van der Waals surface area (Å²) in [7, 11) is 0. The van der Waals surface area contributed by atoms with E-state index in [0.29, 0.717) is 17.9 Å². The SMILES string of the molecule is C=C1[C@H]2CC[C@]3([C@@H]([C@H]2O)[C@@]24C5[C@@H]3C[C@@H]2[C@@](C)(CC[C@@H]4O)CN5CC)[C@H]1O. The Morgan fingerprint density at radius 1 is 1.19 bits per heavy atom. The Labute approximate surface area is 156 Å². The molecule has 1 heterocycles. The van der Waals surface area contributed by atoms with E-state index in [2.05, 4.69) is 25.3 Å². The van der Waals surface area contributed by atoms with Crippen LogP contribution < -0.4 is 0 Å². The maximum Gasteiger partial charge on any atom is 0.0814 e. The molecule has 6 aliphatic carbocycles. The Morgan fingerprint density at radius 2 is 1.96 bits per heavy atom. The number of piperidine rings is 1. The van der Waals surface area contributed by atoms with Crippen molar-refractivity contribution < 1.29 is 15.3 Å². The molecule has 1 aliphatic heterocycles. The molecular formula is C22H33NO3. The molecule has 0 aromatic carbocycles. The lowest BCUT2D eigenvalue weighted by molar-refractivity contribution is -0.256. The summed E-state index contributed by atoms with van der Waals surface area (Å²) in [6.45, 7) is 11.0. The second-order valence-corrected chi connectivity index (χ2v) is 10.8. The molecule has 0 aromatic rings. The highest BCUT2D eigenvalue weighted by Gasteiger charge is 2.86. The molecule has 4 heteroatoms. The van der Waals surface area contributed by atoms with Gasteiger partial charge in [0.2, 0.25) is 0 Å². The van der Waals surface area contributed by atoms with Gasteiger partial charge in [-0.1, -0.05) is 20.4 Å². The van der Waals surface area contributed by atoms with Crippen molar-refractivity contribution in [2.24, 2.45) is 39.9 Å². The Bertz CT molecular complexity index is 695. The predicted octanol–water partition coefficient (Wildman–Crippen LogP) is 1.79. The third-order valence-electron chi connectivity index (χ3n) is 10.5. The number of rotatable bonds is 1. The van der Waals surface area contributed by atoms with E-state index in [-0.39, 0.29) is 34.2 Å². The Hall–Kier alpha value is -0.420. The highest BCUT2D eigenvalue weighted by Crippen LogP contribution is 2.83. The average Bonchev–Trinajstić information content (AvgIpc) is 3.06. The first kappa shape index (κ1) is 16.5. The molecule has 7 fully saturated rings. The lowest BCUT2D eigenvalue weighted by Crippen LogP contribution is -2.72. The minimum Gasteiger partial charge on any atom is -0.392 e. The van der Waals surface area contributed by atoms with E-state index >= 15 is 0 Å². The number of aliphatic hydroxyl groups excluding tert-OH is 3. The number of likely N-dealkylation sites (tertiary alicyclic amines) is 1. The Morgan fingerprint density at radius 3 is 2.69 bits per heavy atom. The topological polar surface area (TPSA) is 63.9 Å². The average molecular weight is 360 g/mol. The van der Waals surface area contributed by atoms with Crippen molar-refractivity contribution in [3.8, 4) is 0 Å². The van der Waals surface area contributed by atoms with E-state index in [9.17, 15) is 15.3 Å². The quantitative estimate of drug-likeness (QED) is 0.625.